The minimum absolute atomic E-state index is 0.0137. The molecule has 1 aliphatic carbocycles. The Labute approximate surface area is 190 Å². The average molecular weight is 486 g/mol. The second-order valence-corrected chi connectivity index (χ2v) is 7.83. The summed E-state index contributed by atoms with van der Waals surface area (Å²) >= 11 is 0. The number of alkyl halides is 6. The molecule has 0 bridgehead atoms. The molecule has 11 heteroatoms. The first-order valence-electron chi connectivity index (χ1n) is 10.0. The number of ether oxygens (including phenoxy) is 1. The van der Waals surface area contributed by atoms with Crippen LogP contribution in [0.2, 0.25) is 0 Å². The number of nitrogens with zero attached hydrogens (tertiary/aromatic N) is 1. The molecule has 0 spiro atoms. The van der Waals surface area contributed by atoms with E-state index in [9.17, 15) is 35.9 Å². The molecule has 1 unspecified atom stereocenters. The maximum Gasteiger partial charge on any atom is 0.416 e. The van der Waals surface area contributed by atoms with E-state index in [4.69, 9.17) is 10.5 Å². The molecule has 3 rings (SSSR count). The second-order valence-electron chi connectivity index (χ2n) is 7.83. The van der Waals surface area contributed by atoms with Crippen LogP contribution in [-0.4, -0.2) is 23.9 Å². The molecule has 2 amide bonds. The summed E-state index contributed by atoms with van der Waals surface area (Å²) in [4.78, 5) is 24.7. The van der Waals surface area contributed by atoms with Crippen LogP contribution >= 0.6 is 0 Å². The SMILES string of the molecule is CN(C(=O)OCc1cc(C(F)(F)F)cc(C(F)(F)F)c1)C1CCc2cc(/C=C/C(N)=O)ccc21. The molecule has 0 saturated carbocycles. The van der Waals surface area contributed by atoms with Crippen molar-refractivity contribution in [3.63, 3.8) is 0 Å². The van der Waals surface area contributed by atoms with Crippen LogP contribution in [0.3, 0.4) is 0 Å². The highest BCUT2D eigenvalue weighted by atomic mass is 19.4. The van der Waals surface area contributed by atoms with Crippen molar-refractivity contribution in [2.24, 2.45) is 5.73 Å². The predicted octanol–water partition coefficient (Wildman–Crippen LogP) is 5.48. The molecule has 0 saturated heterocycles. The summed E-state index contributed by atoms with van der Waals surface area (Å²) in [6.45, 7) is -0.757. The van der Waals surface area contributed by atoms with Gasteiger partial charge in [-0.05, 0) is 59.4 Å². The first-order valence-corrected chi connectivity index (χ1v) is 10.0. The topological polar surface area (TPSA) is 72.6 Å². The largest absolute Gasteiger partial charge is 0.445 e. The van der Waals surface area contributed by atoms with Gasteiger partial charge >= 0.3 is 18.4 Å². The number of benzene rings is 2. The highest BCUT2D eigenvalue weighted by Gasteiger charge is 2.37. The number of aryl methyl sites for hydroxylation is 1. The van der Waals surface area contributed by atoms with Crippen molar-refractivity contribution in [2.75, 3.05) is 7.05 Å². The fourth-order valence-corrected chi connectivity index (χ4v) is 3.78. The lowest BCUT2D eigenvalue weighted by Crippen LogP contribution is -2.30. The van der Waals surface area contributed by atoms with Gasteiger partial charge < -0.3 is 15.4 Å². The smallest absolute Gasteiger partial charge is 0.416 e. The lowest BCUT2D eigenvalue weighted by atomic mass is 10.0. The minimum Gasteiger partial charge on any atom is -0.445 e. The Bertz CT molecular complexity index is 1090. The third kappa shape index (κ3) is 5.89. The molecular weight excluding hydrogens is 466 g/mol. The number of amides is 2. The fraction of sp³-hybridized carbons (Fsp3) is 0.304. The van der Waals surface area contributed by atoms with Gasteiger partial charge in [0, 0.05) is 13.1 Å². The Morgan fingerprint density at radius 3 is 2.24 bits per heavy atom. The molecule has 182 valence electrons. The van der Waals surface area contributed by atoms with E-state index in [0.717, 1.165) is 16.7 Å². The van der Waals surface area contributed by atoms with Gasteiger partial charge in [-0.1, -0.05) is 18.2 Å². The van der Waals surface area contributed by atoms with Gasteiger partial charge in [0.05, 0.1) is 17.2 Å². The van der Waals surface area contributed by atoms with Crippen LogP contribution < -0.4 is 5.73 Å². The summed E-state index contributed by atoms with van der Waals surface area (Å²) in [5.74, 6) is -0.594. The molecule has 5 nitrogen and oxygen atoms in total. The van der Waals surface area contributed by atoms with Crippen LogP contribution in [0.15, 0.2) is 42.5 Å². The fourth-order valence-electron chi connectivity index (χ4n) is 3.78. The predicted molar refractivity (Wildman–Crippen MR) is 110 cm³/mol. The molecule has 1 aliphatic rings. The summed E-state index contributed by atoms with van der Waals surface area (Å²) in [6, 6.07) is 6.03. The van der Waals surface area contributed by atoms with Crippen LogP contribution in [0.1, 0.15) is 45.8 Å². The zero-order valence-corrected chi connectivity index (χ0v) is 17.8. The number of primary amides is 1. The summed E-state index contributed by atoms with van der Waals surface area (Å²) in [7, 11) is 1.44. The van der Waals surface area contributed by atoms with Crippen LogP contribution in [0.25, 0.3) is 6.08 Å². The molecule has 0 heterocycles. The summed E-state index contributed by atoms with van der Waals surface area (Å²) in [6.07, 6.45) is -6.93. The number of fused-ring (bicyclic) bond motifs is 1. The minimum atomic E-state index is -4.99. The Hall–Kier alpha value is -3.50. The van der Waals surface area contributed by atoms with Gasteiger partial charge in [-0.2, -0.15) is 26.3 Å². The zero-order valence-electron chi connectivity index (χ0n) is 17.8. The average Bonchev–Trinajstić information content (AvgIpc) is 3.17. The first kappa shape index (κ1) is 25.1. The van der Waals surface area contributed by atoms with Gasteiger partial charge in [0.2, 0.25) is 5.91 Å². The zero-order chi connectivity index (χ0) is 25.3. The molecule has 34 heavy (non-hydrogen) atoms. The molecule has 0 aromatic heterocycles. The van der Waals surface area contributed by atoms with Crippen molar-refractivity contribution in [2.45, 2.75) is 37.8 Å². The summed E-state index contributed by atoms with van der Waals surface area (Å²) in [5.41, 5.74) is 4.20. The van der Waals surface area contributed by atoms with Crippen LogP contribution in [-0.2, 0) is 34.9 Å². The summed E-state index contributed by atoms with van der Waals surface area (Å²) in [5, 5.41) is 0. The highest BCUT2D eigenvalue weighted by Crippen LogP contribution is 2.38. The van der Waals surface area contributed by atoms with E-state index in [1.165, 1.54) is 18.0 Å². The molecule has 2 aromatic rings. The Balaban J connectivity index is 1.73. The van der Waals surface area contributed by atoms with Gasteiger partial charge in [0.25, 0.3) is 0 Å². The van der Waals surface area contributed by atoms with E-state index < -0.39 is 47.7 Å². The molecular formula is C23H20F6N2O3. The molecule has 0 aliphatic heterocycles. The third-order valence-electron chi connectivity index (χ3n) is 5.42. The first-order chi connectivity index (χ1) is 15.8. The lowest BCUT2D eigenvalue weighted by Gasteiger charge is -2.25. The van der Waals surface area contributed by atoms with Gasteiger partial charge in [-0.3, -0.25) is 4.79 Å². The van der Waals surface area contributed by atoms with Gasteiger partial charge in [-0.15, -0.1) is 0 Å². The number of carbonyl (C=O) groups is 2. The number of hydrogen-bond donors (Lipinski definition) is 1. The van der Waals surface area contributed by atoms with Crippen molar-refractivity contribution in [1.82, 2.24) is 4.90 Å². The molecule has 2 N–H and O–H groups in total. The maximum atomic E-state index is 13.0. The lowest BCUT2D eigenvalue weighted by molar-refractivity contribution is -0.143. The van der Waals surface area contributed by atoms with E-state index in [1.54, 1.807) is 18.2 Å². The number of hydrogen-bond acceptors (Lipinski definition) is 3. The van der Waals surface area contributed by atoms with Crippen LogP contribution in [0, 0.1) is 0 Å². The van der Waals surface area contributed by atoms with E-state index >= 15 is 0 Å². The molecule has 2 aromatic carbocycles. The monoisotopic (exact) mass is 486 g/mol. The van der Waals surface area contributed by atoms with Crippen molar-refractivity contribution in [1.29, 1.82) is 0 Å². The Morgan fingerprint density at radius 2 is 1.68 bits per heavy atom. The van der Waals surface area contributed by atoms with Gasteiger partial charge in [-0.25, -0.2) is 4.79 Å². The van der Waals surface area contributed by atoms with E-state index in [2.05, 4.69) is 0 Å². The van der Waals surface area contributed by atoms with E-state index in [-0.39, 0.29) is 12.1 Å². The highest BCUT2D eigenvalue weighted by molar-refractivity contribution is 5.90. The number of nitrogens with two attached hydrogens (primary N) is 1. The molecule has 0 fully saturated rings. The normalized spacial score (nSPS) is 15.9. The third-order valence-corrected chi connectivity index (χ3v) is 5.42. The van der Waals surface area contributed by atoms with Gasteiger partial charge in [0.1, 0.15) is 6.61 Å². The molecule has 0 radical (unpaired) electrons. The summed E-state index contributed by atoms with van der Waals surface area (Å²) < 4.78 is 83.1. The number of rotatable bonds is 5. The van der Waals surface area contributed by atoms with E-state index in [1.807, 2.05) is 6.07 Å². The van der Waals surface area contributed by atoms with E-state index in [0.29, 0.717) is 25.0 Å². The van der Waals surface area contributed by atoms with Gasteiger partial charge in [0.15, 0.2) is 0 Å². The van der Waals surface area contributed by atoms with Crippen molar-refractivity contribution >= 4 is 18.1 Å². The second kappa shape index (κ2) is 9.40. The van der Waals surface area contributed by atoms with Crippen molar-refractivity contribution in [3.05, 3.63) is 75.9 Å². The number of halogens is 6. The maximum absolute atomic E-state index is 13.0. The quantitative estimate of drug-likeness (QED) is 0.450. The standard InChI is InChI=1S/C23H20F6N2O3/c1-31(19-6-4-15-8-13(2-5-18(15)19)3-7-20(30)32)21(33)34-12-14-9-16(22(24,25)26)11-17(10-14)23(27,28)29/h2-3,5,7-11,19H,4,6,12H2,1H3,(H2,30,32)/b7-3+. The van der Waals surface area contributed by atoms with Crippen molar-refractivity contribution in [3.8, 4) is 0 Å². The Kier molecular flexibility index (Phi) is 6.94. The molecule has 1 atom stereocenters. The van der Waals surface area contributed by atoms with Crippen LogP contribution in [0.5, 0.6) is 0 Å². The van der Waals surface area contributed by atoms with Crippen molar-refractivity contribution < 1.29 is 40.7 Å². The Morgan fingerprint density at radius 1 is 1.06 bits per heavy atom. The van der Waals surface area contributed by atoms with Crippen LogP contribution in [0.4, 0.5) is 31.1 Å². The number of carbonyl (C=O) groups excluding carboxylic acids is 2.